The quantitative estimate of drug-likeness (QED) is 0.882. The zero-order valence-electron chi connectivity index (χ0n) is 9.90. The van der Waals surface area contributed by atoms with Gasteiger partial charge in [0, 0.05) is 13.1 Å². The SMILES string of the molecule is OC(c1ccccc1)N1CCCC(C(F)(F)F)C1. The predicted octanol–water partition coefficient (Wildman–Crippen LogP) is 2.95. The lowest BCUT2D eigenvalue weighted by molar-refractivity contribution is -0.194. The minimum Gasteiger partial charge on any atom is -0.374 e. The number of rotatable bonds is 2. The maximum Gasteiger partial charge on any atom is 0.393 e. The smallest absolute Gasteiger partial charge is 0.374 e. The van der Waals surface area contributed by atoms with E-state index in [0.717, 1.165) is 0 Å². The molecule has 0 saturated carbocycles. The molecular weight excluding hydrogens is 243 g/mol. The van der Waals surface area contributed by atoms with Gasteiger partial charge in [0.1, 0.15) is 6.23 Å². The summed E-state index contributed by atoms with van der Waals surface area (Å²) in [5, 5.41) is 10.1. The minimum atomic E-state index is -4.17. The first-order chi connectivity index (χ1) is 8.48. The van der Waals surface area contributed by atoms with Crippen molar-refractivity contribution in [2.45, 2.75) is 25.2 Å². The maximum atomic E-state index is 12.7. The van der Waals surface area contributed by atoms with E-state index in [-0.39, 0.29) is 13.0 Å². The van der Waals surface area contributed by atoms with E-state index in [1.54, 1.807) is 24.3 Å². The fourth-order valence-corrected chi connectivity index (χ4v) is 2.33. The average Bonchev–Trinajstić information content (AvgIpc) is 2.38. The summed E-state index contributed by atoms with van der Waals surface area (Å²) in [6.07, 6.45) is -4.50. The van der Waals surface area contributed by atoms with Gasteiger partial charge < -0.3 is 5.11 Å². The summed E-state index contributed by atoms with van der Waals surface area (Å²) >= 11 is 0. The topological polar surface area (TPSA) is 23.5 Å². The van der Waals surface area contributed by atoms with Crippen LogP contribution in [-0.2, 0) is 0 Å². The van der Waals surface area contributed by atoms with Gasteiger partial charge in [-0.15, -0.1) is 0 Å². The summed E-state index contributed by atoms with van der Waals surface area (Å²) in [6, 6.07) is 8.79. The van der Waals surface area contributed by atoms with Crippen LogP contribution < -0.4 is 0 Å². The van der Waals surface area contributed by atoms with Crippen LogP contribution in [0.25, 0.3) is 0 Å². The summed E-state index contributed by atoms with van der Waals surface area (Å²) in [6.45, 7) is 0.377. The van der Waals surface area contributed by atoms with Crippen LogP contribution in [0.1, 0.15) is 24.6 Å². The second kappa shape index (κ2) is 5.28. The first-order valence-corrected chi connectivity index (χ1v) is 6.02. The Morgan fingerprint density at radius 3 is 2.50 bits per heavy atom. The summed E-state index contributed by atoms with van der Waals surface area (Å²) in [5.41, 5.74) is 0.639. The van der Waals surface area contributed by atoms with Crippen LogP contribution in [0.3, 0.4) is 0 Å². The van der Waals surface area contributed by atoms with E-state index < -0.39 is 18.3 Å². The molecule has 2 unspecified atom stereocenters. The Kier molecular flexibility index (Phi) is 3.92. The standard InChI is InChI=1S/C13H16F3NO/c14-13(15,16)11-7-4-8-17(9-11)12(18)10-5-2-1-3-6-10/h1-3,5-6,11-12,18H,4,7-9H2. The van der Waals surface area contributed by atoms with Crippen molar-refractivity contribution in [2.75, 3.05) is 13.1 Å². The van der Waals surface area contributed by atoms with E-state index in [1.807, 2.05) is 6.07 Å². The Balaban J connectivity index is 2.05. The van der Waals surface area contributed by atoms with Crippen LogP contribution in [0.5, 0.6) is 0 Å². The lowest BCUT2D eigenvalue weighted by atomic mass is 9.96. The van der Waals surface area contributed by atoms with Gasteiger partial charge in [-0.3, -0.25) is 4.90 Å². The Morgan fingerprint density at radius 2 is 1.89 bits per heavy atom. The van der Waals surface area contributed by atoms with Gasteiger partial charge in [0.05, 0.1) is 5.92 Å². The van der Waals surface area contributed by atoms with Crippen LogP contribution in [0.4, 0.5) is 13.2 Å². The Labute approximate surface area is 104 Å². The summed E-state index contributed by atoms with van der Waals surface area (Å²) in [5.74, 6) is -1.33. The second-order valence-electron chi connectivity index (χ2n) is 4.66. The van der Waals surface area contributed by atoms with E-state index in [9.17, 15) is 18.3 Å². The summed E-state index contributed by atoms with van der Waals surface area (Å²) in [4.78, 5) is 1.50. The van der Waals surface area contributed by atoms with Crippen molar-refractivity contribution >= 4 is 0 Å². The number of halogens is 3. The number of hydrogen-bond acceptors (Lipinski definition) is 2. The molecular formula is C13H16F3NO. The minimum absolute atomic E-state index is 0.125. The Hall–Kier alpha value is -1.07. The highest BCUT2D eigenvalue weighted by Gasteiger charge is 2.42. The number of aliphatic hydroxyl groups excluding tert-OH is 1. The zero-order chi connectivity index (χ0) is 13.2. The lowest BCUT2D eigenvalue weighted by Crippen LogP contribution is -2.43. The van der Waals surface area contributed by atoms with Gasteiger partial charge in [-0.2, -0.15) is 13.2 Å². The Morgan fingerprint density at radius 1 is 1.22 bits per heavy atom. The molecule has 0 aliphatic carbocycles. The molecule has 1 aliphatic heterocycles. The molecule has 2 nitrogen and oxygen atoms in total. The third-order valence-electron chi connectivity index (χ3n) is 3.36. The van der Waals surface area contributed by atoms with E-state index in [1.165, 1.54) is 4.90 Å². The molecule has 1 N–H and O–H groups in total. The van der Waals surface area contributed by atoms with Gasteiger partial charge in [0.25, 0.3) is 0 Å². The third-order valence-corrected chi connectivity index (χ3v) is 3.36. The molecule has 1 fully saturated rings. The van der Waals surface area contributed by atoms with Crippen molar-refractivity contribution in [3.8, 4) is 0 Å². The predicted molar refractivity (Wildman–Crippen MR) is 61.8 cm³/mol. The summed E-state index contributed by atoms with van der Waals surface area (Å²) < 4.78 is 38.0. The molecule has 1 heterocycles. The van der Waals surface area contributed by atoms with Crippen molar-refractivity contribution < 1.29 is 18.3 Å². The van der Waals surface area contributed by atoms with Gasteiger partial charge in [0.15, 0.2) is 0 Å². The third kappa shape index (κ3) is 3.03. The lowest BCUT2D eigenvalue weighted by Gasteiger charge is -2.36. The molecule has 100 valence electrons. The number of aliphatic hydroxyl groups is 1. The molecule has 1 aromatic rings. The molecule has 0 aromatic heterocycles. The van der Waals surface area contributed by atoms with Crippen molar-refractivity contribution in [1.82, 2.24) is 4.90 Å². The number of likely N-dealkylation sites (tertiary alicyclic amines) is 1. The molecule has 1 aliphatic rings. The van der Waals surface area contributed by atoms with Crippen LogP contribution >= 0.6 is 0 Å². The number of piperidine rings is 1. The van der Waals surface area contributed by atoms with E-state index in [0.29, 0.717) is 18.5 Å². The second-order valence-corrected chi connectivity index (χ2v) is 4.66. The van der Waals surface area contributed by atoms with Gasteiger partial charge in [0.2, 0.25) is 0 Å². The van der Waals surface area contributed by atoms with Crippen molar-refractivity contribution in [3.63, 3.8) is 0 Å². The monoisotopic (exact) mass is 259 g/mol. The molecule has 1 saturated heterocycles. The fourth-order valence-electron chi connectivity index (χ4n) is 2.33. The largest absolute Gasteiger partial charge is 0.393 e. The molecule has 0 spiro atoms. The van der Waals surface area contributed by atoms with Crippen LogP contribution in [0.2, 0.25) is 0 Å². The highest BCUT2D eigenvalue weighted by Crippen LogP contribution is 2.35. The highest BCUT2D eigenvalue weighted by molar-refractivity contribution is 5.17. The zero-order valence-corrected chi connectivity index (χ0v) is 9.90. The molecule has 0 bridgehead atoms. The fraction of sp³-hybridized carbons (Fsp3) is 0.538. The van der Waals surface area contributed by atoms with Gasteiger partial charge in [-0.1, -0.05) is 30.3 Å². The van der Waals surface area contributed by atoms with Crippen molar-refractivity contribution in [2.24, 2.45) is 5.92 Å². The van der Waals surface area contributed by atoms with Crippen molar-refractivity contribution in [1.29, 1.82) is 0 Å². The first-order valence-electron chi connectivity index (χ1n) is 6.02. The molecule has 1 aromatic carbocycles. The molecule has 5 heteroatoms. The summed E-state index contributed by atoms with van der Waals surface area (Å²) in [7, 11) is 0. The normalized spacial score (nSPS) is 23.9. The van der Waals surface area contributed by atoms with E-state index in [4.69, 9.17) is 0 Å². The van der Waals surface area contributed by atoms with Crippen LogP contribution in [0, 0.1) is 5.92 Å². The number of alkyl halides is 3. The number of benzene rings is 1. The average molecular weight is 259 g/mol. The van der Waals surface area contributed by atoms with E-state index in [2.05, 4.69) is 0 Å². The Bertz CT molecular complexity index is 380. The number of nitrogens with zero attached hydrogens (tertiary/aromatic N) is 1. The van der Waals surface area contributed by atoms with E-state index >= 15 is 0 Å². The molecule has 2 atom stereocenters. The van der Waals surface area contributed by atoms with Crippen molar-refractivity contribution in [3.05, 3.63) is 35.9 Å². The first kappa shape index (κ1) is 13.4. The molecule has 2 rings (SSSR count). The van der Waals surface area contributed by atoms with Gasteiger partial charge in [-0.05, 0) is 18.4 Å². The molecule has 0 radical (unpaired) electrons. The van der Waals surface area contributed by atoms with Gasteiger partial charge >= 0.3 is 6.18 Å². The highest BCUT2D eigenvalue weighted by atomic mass is 19.4. The van der Waals surface area contributed by atoms with Gasteiger partial charge in [-0.25, -0.2) is 0 Å². The van der Waals surface area contributed by atoms with Crippen LogP contribution in [-0.4, -0.2) is 29.3 Å². The molecule has 18 heavy (non-hydrogen) atoms. The molecule has 0 amide bonds. The van der Waals surface area contributed by atoms with Crippen LogP contribution in [0.15, 0.2) is 30.3 Å². The number of hydrogen-bond donors (Lipinski definition) is 1. The maximum absolute atomic E-state index is 12.7.